The molecule has 1 aliphatic heterocycles. The van der Waals surface area contributed by atoms with Crippen LogP contribution in [0.2, 0.25) is 0 Å². The minimum absolute atomic E-state index is 0.223. The fraction of sp³-hybridized carbons (Fsp3) is 0.769. The van der Waals surface area contributed by atoms with Crippen molar-refractivity contribution in [2.75, 3.05) is 18.6 Å². The summed E-state index contributed by atoms with van der Waals surface area (Å²) >= 11 is 0. The predicted molar refractivity (Wildman–Crippen MR) is 73.9 cm³/mol. The van der Waals surface area contributed by atoms with Crippen LogP contribution in [0.15, 0.2) is 6.20 Å². The summed E-state index contributed by atoms with van der Waals surface area (Å²) in [5.74, 6) is 1.08. The summed E-state index contributed by atoms with van der Waals surface area (Å²) in [5.41, 5.74) is 2.12. The van der Waals surface area contributed by atoms with Gasteiger partial charge in [0.1, 0.15) is 0 Å². The SMILES string of the molecule is CNCc1cnn(C2(C)CCS(=O)(=O)C2)c1C1CC1. The average molecular weight is 283 g/mol. The Balaban J connectivity index is 2.01. The number of hydrogen-bond donors (Lipinski definition) is 1. The van der Waals surface area contributed by atoms with Crippen LogP contribution in [0, 0.1) is 0 Å². The van der Waals surface area contributed by atoms with Gasteiger partial charge in [-0.3, -0.25) is 4.68 Å². The molecule has 1 saturated heterocycles. The van der Waals surface area contributed by atoms with Crippen LogP contribution >= 0.6 is 0 Å². The second-order valence-corrected chi connectivity index (χ2v) is 8.29. The molecule has 0 spiro atoms. The summed E-state index contributed by atoms with van der Waals surface area (Å²) in [7, 11) is -0.977. The Morgan fingerprint density at radius 3 is 2.79 bits per heavy atom. The zero-order chi connectivity index (χ0) is 13.7. The quantitative estimate of drug-likeness (QED) is 0.896. The summed E-state index contributed by atoms with van der Waals surface area (Å²) in [5, 5.41) is 7.70. The molecular formula is C13H21N3O2S. The maximum Gasteiger partial charge on any atom is 0.152 e. The van der Waals surface area contributed by atoms with E-state index in [9.17, 15) is 8.42 Å². The van der Waals surface area contributed by atoms with Crippen LogP contribution in [0.4, 0.5) is 0 Å². The lowest BCUT2D eigenvalue weighted by Gasteiger charge is -2.26. The molecule has 5 nitrogen and oxygen atoms in total. The lowest BCUT2D eigenvalue weighted by molar-refractivity contribution is 0.317. The third kappa shape index (κ3) is 2.31. The van der Waals surface area contributed by atoms with E-state index < -0.39 is 9.84 Å². The first-order valence-corrected chi connectivity index (χ1v) is 8.70. The van der Waals surface area contributed by atoms with Crippen molar-refractivity contribution in [3.8, 4) is 0 Å². The standard InChI is InChI=1S/C13H21N3O2S/c1-13(5-6-19(17,18)9-13)16-12(10-3-4-10)11(7-14-2)8-15-16/h8,10,14H,3-7,9H2,1-2H3. The van der Waals surface area contributed by atoms with E-state index in [2.05, 4.69) is 10.4 Å². The number of nitrogens with one attached hydrogen (secondary N) is 1. The zero-order valence-electron chi connectivity index (χ0n) is 11.5. The molecule has 106 valence electrons. The molecule has 6 heteroatoms. The van der Waals surface area contributed by atoms with Gasteiger partial charge in [0, 0.05) is 23.7 Å². The van der Waals surface area contributed by atoms with Crippen molar-refractivity contribution in [3.63, 3.8) is 0 Å². The van der Waals surface area contributed by atoms with Gasteiger partial charge in [0.15, 0.2) is 9.84 Å². The molecule has 1 atom stereocenters. The maximum atomic E-state index is 11.8. The van der Waals surface area contributed by atoms with Gasteiger partial charge >= 0.3 is 0 Å². The molecule has 2 aliphatic rings. The number of sulfone groups is 1. The highest BCUT2D eigenvalue weighted by molar-refractivity contribution is 7.91. The van der Waals surface area contributed by atoms with Crippen molar-refractivity contribution in [1.29, 1.82) is 0 Å². The van der Waals surface area contributed by atoms with Crippen LogP contribution in [0.1, 0.15) is 43.4 Å². The van der Waals surface area contributed by atoms with E-state index in [0.29, 0.717) is 12.3 Å². The molecule has 1 aromatic heterocycles. The van der Waals surface area contributed by atoms with Crippen molar-refractivity contribution >= 4 is 9.84 Å². The summed E-state index contributed by atoms with van der Waals surface area (Å²) in [4.78, 5) is 0. The molecule has 1 unspecified atom stereocenters. The monoisotopic (exact) mass is 283 g/mol. The van der Waals surface area contributed by atoms with Crippen LogP contribution in [0.5, 0.6) is 0 Å². The van der Waals surface area contributed by atoms with E-state index in [4.69, 9.17) is 0 Å². The molecule has 1 N–H and O–H groups in total. The summed E-state index contributed by atoms with van der Waals surface area (Å²) < 4.78 is 25.6. The van der Waals surface area contributed by atoms with Crippen LogP contribution < -0.4 is 5.32 Å². The fourth-order valence-corrected chi connectivity index (χ4v) is 5.21. The molecule has 1 saturated carbocycles. The van der Waals surface area contributed by atoms with E-state index >= 15 is 0 Å². The molecule has 0 aromatic carbocycles. The van der Waals surface area contributed by atoms with Gasteiger partial charge in [0.25, 0.3) is 0 Å². The summed E-state index contributed by atoms with van der Waals surface area (Å²) in [6.45, 7) is 2.83. The van der Waals surface area contributed by atoms with Gasteiger partial charge < -0.3 is 5.32 Å². The van der Waals surface area contributed by atoms with Gasteiger partial charge in [-0.15, -0.1) is 0 Å². The molecule has 0 radical (unpaired) electrons. The van der Waals surface area contributed by atoms with Crippen molar-refractivity contribution in [3.05, 3.63) is 17.5 Å². The maximum absolute atomic E-state index is 11.8. The Bertz CT molecular complexity index is 589. The molecular weight excluding hydrogens is 262 g/mol. The first kappa shape index (κ1) is 13.1. The normalized spacial score (nSPS) is 29.8. The molecule has 0 bridgehead atoms. The third-order valence-electron chi connectivity index (χ3n) is 4.21. The van der Waals surface area contributed by atoms with E-state index in [1.165, 1.54) is 24.1 Å². The van der Waals surface area contributed by atoms with Gasteiger partial charge in [0.05, 0.1) is 23.2 Å². The molecule has 3 rings (SSSR count). The largest absolute Gasteiger partial charge is 0.316 e. The number of nitrogens with zero attached hydrogens (tertiary/aromatic N) is 2. The molecule has 19 heavy (non-hydrogen) atoms. The number of aromatic nitrogens is 2. The second kappa shape index (κ2) is 4.31. The van der Waals surface area contributed by atoms with E-state index in [1.54, 1.807) is 0 Å². The highest BCUT2D eigenvalue weighted by Crippen LogP contribution is 2.44. The lowest BCUT2D eigenvalue weighted by Crippen LogP contribution is -2.34. The Morgan fingerprint density at radius 1 is 1.53 bits per heavy atom. The number of rotatable bonds is 4. The van der Waals surface area contributed by atoms with Gasteiger partial charge in [-0.05, 0) is 33.2 Å². The van der Waals surface area contributed by atoms with Crippen molar-refractivity contribution < 1.29 is 8.42 Å². The minimum atomic E-state index is -2.90. The zero-order valence-corrected chi connectivity index (χ0v) is 12.3. The molecule has 0 amide bonds. The third-order valence-corrected chi connectivity index (χ3v) is 6.10. The lowest BCUT2D eigenvalue weighted by atomic mass is 10.0. The smallest absolute Gasteiger partial charge is 0.152 e. The fourth-order valence-electron chi connectivity index (χ4n) is 3.10. The molecule has 2 fully saturated rings. The molecule has 1 aromatic rings. The minimum Gasteiger partial charge on any atom is -0.316 e. The van der Waals surface area contributed by atoms with Crippen LogP contribution in [0.25, 0.3) is 0 Å². The van der Waals surface area contributed by atoms with E-state index in [-0.39, 0.29) is 17.0 Å². The van der Waals surface area contributed by atoms with Crippen molar-refractivity contribution in [1.82, 2.24) is 15.1 Å². The highest BCUT2D eigenvalue weighted by atomic mass is 32.2. The highest BCUT2D eigenvalue weighted by Gasteiger charge is 2.44. The Kier molecular flexibility index (Phi) is 2.98. The van der Waals surface area contributed by atoms with Crippen molar-refractivity contribution in [2.24, 2.45) is 0 Å². The Labute approximate surface area is 114 Å². The summed E-state index contributed by atoms with van der Waals surface area (Å²) in [6.07, 6.45) is 4.98. The van der Waals surface area contributed by atoms with Gasteiger partial charge in [-0.2, -0.15) is 5.10 Å². The molecule has 2 heterocycles. The Hall–Kier alpha value is -0.880. The number of hydrogen-bond acceptors (Lipinski definition) is 4. The van der Waals surface area contributed by atoms with Crippen LogP contribution in [-0.2, 0) is 21.9 Å². The molecule has 1 aliphatic carbocycles. The van der Waals surface area contributed by atoms with Gasteiger partial charge in [-0.25, -0.2) is 8.42 Å². The average Bonchev–Trinajstić information content (AvgIpc) is 3.01. The van der Waals surface area contributed by atoms with Crippen molar-refractivity contribution in [2.45, 2.75) is 44.2 Å². The van der Waals surface area contributed by atoms with Gasteiger partial charge in [0.2, 0.25) is 0 Å². The predicted octanol–water partition coefficient (Wildman–Crippen LogP) is 1.01. The van der Waals surface area contributed by atoms with Gasteiger partial charge in [-0.1, -0.05) is 0 Å². The second-order valence-electron chi connectivity index (χ2n) is 6.11. The first-order valence-electron chi connectivity index (χ1n) is 6.87. The summed E-state index contributed by atoms with van der Waals surface area (Å²) in [6, 6.07) is 0. The first-order chi connectivity index (χ1) is 8.95. The van der Waals surface area contributed by atoms with Crippen LogP contribution in [0.3, 0.4) is 0 Å². The Morgan fingerprint density at radius 2 is 2.26 bits per heavy atom. The van der Waals surface area contributed by atoms with E-state index in [1.807, 2.05) is 24.9 Å². The van der Waals surface area contributed by atoms with Crippen LogP contribution in [-0.4, -0.2) is 36.8 Å². The van der Waals surface area contributed by atoms with E-state index in [0.717, 1.165) is 6.54 Å². The topological polar surface area (TPSA) is 64.0 Å².